The van der Waals surface area contributed by atoms with Crippen molar-refractivity contribution in [1.82, 2.24) is 5.32 Å². The van der Waals surface area contributed by atoms with Crippen molar-refractivity contribution < 1.29 is 17.0 Å². The Kier molecular flexibility index (Phi) is 4.13. The number of benzene rings is 2. The van der Waals surface area contributed by atoms with E-state index in [2.05, 4.69) is 5.32 Å². The van der Waals surface area contributed by atoms with Gasteiger partial charge in [0.15, 0.2) is 0 Å². The largest absolute Gasteiger partial charge is 0.379 e. The molecule has 1 N–H and O–H groups in total. The third-order valence-electron chi connectivity index (χ3n) is 3.40. The Bertz CT molecular complexity index is 738. The molecule has 0 aliphatic heterocycles. The summed E-state index contributed by atoms with van der Waals surface area (Å²) in [6, 6.07) is 12.0. The van der Waals surface area contributed by atoms with Crippen molar-refractivity contribution in [3.8, 4) is 5.75 Å². The van der Waals surface area contributed by atoms with E-state index in [0.29, 0.717) is 6.04 Å². The summed E-state index contributed by atoms with van der Waals surface area (Å²) < 4.78 is 42.0. The van der Waals surface area contributed by atoms with Crippen LogP contribution in [0, 0.1) is 5.82 Å². The highest BCUT2D eigenvalue weighted by Crippen LogP contribution is 2.21. The van der Waals surface area contributed by atoms with Gasteiger partial charge in [0, 0.05) is 12.6 Å². The summed E-state index contributed by atoms with van der Waals surface area (Å²) in [4.78, 5) is -0.0756. The summed E-state index contributed by atoms with van der Waals surface area (Å²) in [6.45, 7) is 0.760. The van der Waals surface area contributed by atoms with Crippen molar-refractivity contribution in [1.29, 1.82) is 0 Å². The minimum absolute atomic E-state index is 0.0756. The second-order valence-corrected chi connectivity index (χ2v) is 6.84. The summed E-state index contributed by atoms with van der Waals surface area (Å²) in [7, 11) is -3.94. The third kappa shape index (κ3) is 3.84. The lowest BCUT2D eigenvalue weighted by Gasteiger charge is -2.08. The maximum Gasteiger partial charge on any atom is 0.339 e. The van der Waals surface area contributed by atoms with Gasteiger partial charge in [-0.1, -0.05) is 12.1 Å². The smallest absolute Gasteiger partial charge is 0.339 e. The normalized spacial score (nSPS) is 14.8. The van der Waals surface area contributed by atoms with Crippen LogP contribution >= 0.6 is 0 Å². The Labute approximate surface area is 129 Å². The van der Waals surface area contributed by atoms with Crippen LogP contribution in [0.2, 0.25) is 0 Å². The molecule has 4 nitrogen and oxygen atoms in total. The first kappa shape index (κ1) is 15.0. The minimum atomic E-state index is -3.94. The Hall–Kier alpha value is -1.92. The molecular weight excluding hydrogens is 305 g/mol. The maximum absolute atomic E-state index is 12.8. The lowest BCUT2D eigenvalue weighted by molar-refractivity contribution is 0.485. The van der Waals surface area contributed by atoms with Crippen LogP contribution < -0.4 is 9.50 Å². The zero-order valence-corrected chi connectivity index (χ0v) is 12.6. The molecule has 1 fully saturated rings. The van der Waals surface area contributed by atoms with Gasteiger partial charge in [-0.15, -0.1) is 0 Å². The van der Waals surface area contributed by atoms with Crippen LogP contribution in [0.3, 0.4) is 0 Å². The fraction of sp³-hybridized carbons (Fsp3) is 0.250. The number of rotatable bonds is 6. The molecule has 0 saturated heterocycles. The monoisotopic (exact) mass is 321 g/mol. The van der Waals surface area contributed by atoms with Crippen molar-refractivity contribution in [2.45, 2.75) is 30.3 Å². The highest BCUT2D eigenvalue weighted by Gasteiger charge is 2.20. The van der Waals surface area contributed by atoms with E-state index in [4.69, 9.17) is 4.18 Å². The van der Waals surface area contributed by atoms with Crippen LogP contribution in [0.1, 0.15) is 18.4 Å². The topological polar surface area (TPSA) is 55.4 Å². The predicted octanol–water partition coefficient (Wildman–Crippen LogP) is 2.85. The molecule has 0 atom stereocenters. The Morgan fingerprint density at radius 3 is 2.27 bits per heavy atom. The average molecular weight is 321 g/mol. The van der Waals surface area contributed by atoms with E-state index >= 15 is 0 Å². The van der Waals surface area contributed by atoms with Gasteiger partial charge in [-0.2, -0.15) is 8.42 Å². The van der Waals surface area contributed by atoms with Crippen molar-refractivity contribution in [2.75, 3.05) is 0 Å². The van der Waals surface area contributed by atoms with E-state index in [1.165, 1.54) is 25.0 Å². The summed E-state index contributed by atoms with van der Waals surface area (Å²) in [5.74, 6) is -0.258. The third-order valence-corrected chi connectivity index (χ3v) is 4.67. The Morgan fingerprint density at radius 1 is 1.05 bits per heavy atom. The molecular formula is C16H16FNO3S. The minimum Gasteiger partial charge on any atom is -0.379 e. The summed E-state index contributed by atoms with van der Waals surface area (Å²) in [5.41, 5.74) is 1.07. The molecule has 0 aromatic heterocycles. The molecule has 2 aromatic carbocycles. The molecule has 1 saturated carbocycles. The number of halogens is 1. The molecule has 0 amide bonds. The van der Waals surface area contributed by atoms with Crippen LogP contribution in [0.25, 0.3) is 0 Å². The summed E-state index contributed by atoms with van der Waals surface area (Å²) in [6.07, 6.45) is 2.44. The Morgan fingerprint density at radius 2 is 1.68 bits per heavy atom. The van der Waals surface area contributed by atoms with E-state index in [0.717, 1.165) is 24.2 Å². The summed E-state index contributed by atoms with van der Waals surface area (Å²) in [5, 5.41) is 3.38. The second-order valence-electron chi connectivity index (χ2n) is 5.29. The molecule has 22 heavy (non-hydrogen) atoms. The SMILES string of the molecule is O=S(=O)(Oc1ccc(CNC2CC2)cc1)c1ccc(F)cc1. The van der Waals surface area contributed by atoms with Crippen LogP contribution in [0.5, 0.6) is 5.75 Å². The predicted molar refractivity (Wildman–Crippen MR) is 80.5 cm³/mol. The van der Waals surface area contributed by atoms with E-state index < -0.39 is 15.9 Å². The highest BCUT2D eigenvalue weighted by atomic mass is 32.2. The first-order valence-corrected chi connectivity index (χ1v) is 8.46. The zero-order chi connectivity index (χ0) is 15.6. The molecule has 0 unspecified atom stereocenters. The molecule has 0 radical (unpaired) electrons. The average Bonchev–Trinajstić information content (AvgIpc) is 3.31. The van der Waals surface area contributed by atoms with Gasteiger partial charge in [0.05, 0.1) is 0 Å². The second kappa shape index (κ2) is 6.06. The summed E-state index contributed by atoms with van der Waals surface area (Å²) >= 11 is 0. The van der Waals surface area contributed by atoms with Gasteiger partial charge in [0.2, 0.25) is 0 Å². The van der Waals surface area contributed by atoms with E-state index in [-0.39, 0.29) is 10.6 Å². The fourth-order valence-corrected chi connectivity index (χ4v) is 2.92. The standard InChI is InChI=1S/C16H16FNO3S/c17-13-3-9-16(10-4-13)22(19,20)21-15-7-1-12(2-8-15)11-18-14-5-6-14/h1-4,7-10,14,18H,5-6,11H2. The van der Waals surface area contributed by atoms with Crippen molar-refractivity contribution in [2.24, 2.45) is 0 Å². The first-order chi connectivity index (χ1) is 10.5. The van der Waals surface area contributed by atoms with Gasteiger partial charge >= 0.3 is 10.1 Å². The van der Waals surface area contributed by atoms with Gasteiger partial charge in [-0.25, -0.2) is 4.39 Å². The zero-order valence-electron chi connectivity index (χ0n) is 11.8. The van der Waals surface area contributed by atoms with Gasteiger partial charge in [-0.3, -0.25) is 0 Å². The first-order valence-electron chi connectivity index (χ1n) is 7.05. The molecule has 2 aromatic rings. The van der Waals surface area contributed by atoms with E-state index in [1.54, 1.807) is 12.1 Å². The maximum atomic E-state index is 12.8. The number of nitrogens with one attached hydrogen (secondary N) is 1. The molecule has 0 heterocycles. The van der Waals surface area contributed by atoms with Crippen LogP contribution in [0.15, 0.2) is 53.4 Å². The van der Waals surface area contributed by atoms with Crippen LogP contribution in [0.4, 0.5) is 4.39 Å². The van der Waals surface area contributed by atoms with Crippen molar-refractivity contribution in [3.05, 3.63) is 59.9 Å². The molecule has 0 bridgehead atoms. The van der Waals surface area contributed by atoms with Gasteiger partial charge in [-0.05, 0) is 54.8 Å². The van der Waals surface area contributed by atoms with Gasteiger partial charge in [0.1, 0.15) is 16.5 Å². The van der Waals surface area contributed by atoms with E-state index in [9.17, 15) is 12.8 Å². The van der Waals surface area contributed by atoms with Crippen LogP contribution in [-0.2, 0) is 16.7 Å². The lowest BCUT2D eigenvalue weighted by atomic mass is 10.2. The molecule has 0 spiro atoms. The molecule has 6 heteroatoms. The molecule has 3 rings (SSSR count). The van der Waals surface area contributed by atoms with Gasteiger partial charge in [0.25, 0.3) is 0 Å². The quantitative estimate of drug-likeness (QED) is 0.831. The van der Waals surface area contributed by atoms with Crippen molar-refractivity contribution in [3.63, 3.8) is 0 Å². The lowest BCUT2D eigenvalue weighted by Crippen LogP contribution is -2.15. The number of hydrogen-bond acceptors (Lipinski definition) is 4. The van der Waals surface area contributed by atoms with Crippen molar-refractivity contribution >= 4 is 10.1 Å². The van der Waals surface area contributed by atoms with E-state index in [1.807, 2.05) is 12.1 Å². The molecule has 116 valence electrons. The van der Waals surface area contributed by atoms with Crippen LogP contribution in [-0.4, -0.2) is 14.5 Å². The molecule has 1 aliphatic carbocycles. The Balaban J connectivity index is 1.67. The highest BCUT2D eigenvalue weighted by molar-refractivity contribution is 7.87. The molecule has 1 aliphatic rings. The fourth-order valence-electron chi connectivity index (χ4n) is 1.99. The number of hydrogen-bond donors (Lipinski definition) is 1. The van der Waals surface area contributed by atoms with Gasteiger partial charge < -0.3 is 9.50 Å².